The number of carbonyl (C=O) groups is 4. The molecule has 454 valence electrons. The van der Waals surface area contributed by atoms with Crippen molar-refractivity contribution >= 4 is 145 Å². The molecule has 96 heavy (non-hydrogen) atoms. The highest BCUT2D eigenvalue weighted by Gasteiger charge is 2.41. The Hall–Kier alpha value is -12.1. The Labute approximate surface area is 554 Å². The van der Waals surface area contributed by atoms with Crippen LogP contribution in [0, 0.1) is 0 Å². The van der Waals surface area contributed by atoms with E-state index in [-0.39, 0.29) is 45.1 Å². The lowest BCUT2D eigenvalue weighted by Crippen LogP contribution is -2.31. The van der Waals surface area contributed by atoms with Gasteiger partial charge in [0.1, 0.15) is 0 Å². The number of rotatable bonds is 4. The van der Waals surface area contributed by atoms with Gasteiger partial charge in [-0.2, -0.15) is 0 Å². The van der Waals surface area contributed by atoms with E-state index in [0.29, 0.717) is 22.3 Å². The molecule has 2 aliphatic carbocycles. The molecule has 0 amide bonds. The summed E-state index contributed by atoms with van der Waals surface area (Å²) in [5, 5.41) is 15.6. The molecule has 0 bridgehead atoms. The molecule has 19 rings (SSSR count). The molecule has 0 fully saturated rings. The van der Waals surface area contributed by atoms with E-state index in [2.05, 4.69) is 232 Å². The predicted octanol–water partition coefficient (Wildman–Crippen LogP) is 22.6. The first kappa shape index (κ1) is 56.6. The third-order valence-electron chi connectivity index (χ3n) is 20.8. The van der Waals surface area contributed by atoms with Crippen LogP contribution < -0.4 is 9.80 Å². The van der Waals surface area contributed by atoms with Crippen LogP contribution in [0.15, 0.2) is 290 Å². The molecule has 0 saturated carbocycles. The summed E-state index contributed by atoms with van der Waals surface area (Å²) in [6.45, 7) is 9.23. The molecule has 0 aromatic heterocycles. The van der Waals surface area contributed by atoms with Gasteiger partial charge in [0.15, 0.2) is 23.1 Å². The van der Waals surface area contributed by atoms with Crippen LogP contribution in [0.4, 0.5) is 34.1 Å². The molecule has 0 unspecified atom stereocenters. The van der Waals surface area contributed by atoms with Crippen molar-refractivity contribution in [2.75, 3.05) is 9.80 Å². The third-order valence-corrected chi connectivity index (χ3v) is 20.8. The summed E-state index contributed by atoms with van der Waals surface area (Å²) < 4.78 is 0. The Kier molecular flexibility index (Phi) is 12.5. The van der Waals surface area contributed by atoms with Crippen LogP contribution in [0.3, 0.4) is 0 Å². The van der Waals surface area contributed by atoms with Gasteiger partial charge in [0.05, 0.1) is 45.3 Å². The Morgan fingerprint density at radius 1 is 0.250 bits per heavy atom. The van der Waals surface area contributed by atoms with E-state index in [9.17, 15) is 19.2 Å². The molecule has 0 saturated heterocycles. The van der Waals surface area contributed by atoms with E-state index in [0.717, 1.165) is 77.0 Å². The molecule has 0 spiro atoms. The monoisotopic (exact) mass is 1230 g/mol. The number of hydrogen-bond acceptors (Lipinski definition) is 6. The van der Waals surface area contributed by atoms with E-state index in [4.69, 9.17) is 0 Å². The first-order chi connectivity index (χ1) is 46.8. The molecular formula is C90H60N2O4. The van der Waals surface area contributed by atoms with Gasteiger partial charge < -0.3 is 9.80 Å². The maximum atomic E-state index is 13.6. The number of Topliss-reactive ketones (excluding diaryl/α,β-unsaturated/α-hetero) is 4. The van der Waals surface area contributed by atoms with Crippen molar-refractivity contribution in [2.24, 2.45) is 0 Å². The molecule has 2 aliphatic heterocycles. The summed E-state index contributed by atoms with van der Waals surface area (Å²) in [5.41, 5.74) is 15.5. The van der Waals surface area contributed by atoms with Crippen molar-refractivity contribution in [2.45, 2.75) is 38.5 Å². The van der Waals surface area contributed by atoms with Gasteiger partial charge in [-0.3, -0.25) is 19.2 Å². The van der Waals surface area contributed by atoms with Gasteiger partial charge in [-0.25, -0.2) is 0 Å². The Bertz CT molecular complexity index is 5960. The Morgan fingerprint density at radius 2 is 0.604 bits per heavy atom. The summed E-state index contributed by atoms with van der Waals surface area (Å²) in [7, 11) is 0. The smallest absolute Gasteiger partial charge is 0.197 e. The zero-order valence-corrected chi connectivity index (χ0v) is 53.2. The molecule has 2 heterocycles. The minimum atomic E-state index is -0.296. The van der Waals surface area contributed by atoms with Gasteiger partial charge in [0.25, 0.3) is 0 Å². The van der Waals surface area contributed by atoms with Gasteiger partial charge >= 0.3 is 0 Å². The average molecular weight is 1230 g/mol. The van der Waals surface area contributed by atoms with Crippen LogP contribution in [-0.4, -0.2) is 23.1 Å². The quantitative estimate of drug-likeness (QED) is 0.0993. The summed E-state index contributed by atoms with van der Waals surface area (Å²) in [6.07, 6.45) is 3.53. The topological polar surface area (TPSA) is 74.8 Å². The number of anilines is 6. The van der Waals surface area contributed by atoms with Crippen LogP contribution in [-0.2, 0) is 10.8 Å². The van der Waals surface area contributed by atoms with Crippen molar-refractivity contribution < 1.29 is 19.2 Å². The minimum Gasteiger partial charge on any atom is -0.309 e. The number of fused-ring (bicyclic) bond motifs is 16. The molecule has 4 aliphatic rings. The summed E-state index contributed by atoms with van der Waals surface area (Å²) in [5.74, 6) is -0.839. The zero-order valence-electron chi connectivity index (χ0n) is 53.2. The maximum Gasteiger partial charge on any atom is 0.197 e. The minimum absolute atomic E-state index is 0.209. The van der Waals surface area contributed by atoms with Crippen molar-refractivity contribution in [3.05, 3.63) is 346 Å². The lowest BCUT2D eigenvalue weighted by Gasteiger charge is -2.43. The predicted molar refractivity (Wildman–Crippen MR) is 395 cm³/mol. The fourth-order valence-electron chi connectivity index (χ4n) is 16.2. The second-order valence-electron chi connectivity index (χ2n) is 26.9. The second kappa shape index (κ2) is 21.2. The number of para-hydroxylation sites is 2. The lowest BCUT2D eigenvalue weighted by atomic mass is 9.71. The van der Waals surface area contributed by atoms with Crippen LogP contribution in [0.5, 0.6) is 0 Å². The SMILES string of the molecule is CC1(C)c2ccccc2N(c2cc3ccccc3c3ccccc23)c2ccc3cc(C=C4C(=O)c5cc6ccccc6cc5C4=O)ccc3c21.CC1(C)c2ccccc2N(c2cccc3ccccc23)c2ccc3cc(C=C4C(=O)c5cc6ccccc6cc5C4=O)ccc3c21. The first-order valence-electron chi connectivity index (χ1n) is 32.8. The highest BCUT2D eigenvalue weighted by atomic mass is 16.2. The van der Waals surface area contributed by atoms with Crippen molar-refractivity contribution in [1.29, 1.82) is 0 Å². The molecular weight excluding hydrogens is 1170 g/mol. The number of carbonyl (C=O) groups excluding carboxylic acids is 4. The van der Waals surface area contributed by atoms with Crippen LogP contribution in [0.2, 0.25) is 0 Å². The van der Waals surface area contributed by atoms with Crippen LogP contribution in [0.25, 0.3) is 87.6 Å². The van der Waals surface area contributed by atoms with E-state index in [1.54, 1.807) is 12.2 Å². The van der Waals surface area contributed by atoms with Gasteiger partial charge in [-0.1, -0.05) is 234 Å². The van der Waals surface area contributed by atoms with Crippen LogP contribution in [0.1, 0.15) is 103 Å². The summed E-state index contributed by atoms with van der Waals surface area (Å²) in [6, 6.07) is 96.6. The highest BCUT2D eigenvalue weighted by Crippen LogP contribution is 2.57. The molecule has 0 atom stereocenters. The normalized spacial score (nSPS) is 14.8. The number of allylic oxidation sites excluding steroid dienone is 2. The van der Waals surface area contributed by atoms with Gasteiger partial charge in [0, 0.05) is 43.9 Å². The fourth-order valence-corrected chi connectivity index (χ4v) is 16.2. The molecule has 0 radical (unpaired) electrons. The average Bonchev–Trinajstić information content (AvgIpc) is 1.02. The van der Waals surface area contributed by atoms with E-state index in [1.807, 2.05) is 84.9 Å². The van der Waals surface area contributed by atoms with Gasteiger partial charge in [0.2, 0.25) is 0 Å². The number of benzene rings is 15. The highest BCUT2D eigenvalue weighted by molar-refractivity contribution is 6.43. The summed E-state index contributed by atoms with van der Waals surface area (Å²) in [4.78, 5) is 58.9. The zero-order chi connectivity index (χ0) is 64.9. The Balaban J connectivity index is 0.000000141. The van der Waals surface area contributed by atoms with E-state index in [1.165, 1.54) is 65.9 Å². The Morgan fingerprint density at radius 3 is 1.08 bits per heavy atom. The fraction of sp³-hybridized carbons (Fsp3) is 0.0667. The van der Waals surface area contributed by atoms with Crippen LogP contribution >= 0.6 is 0 Å². The second-order valence-corrected chi connectivity index (χ2v) is 26.9. The lowest BCUT2D eigenvalue weighted by molar-refractivity contribution is 0.0975. The first-order valence-corrected chi connectivity index (χ1v) is 32.8. The number of ketones is 4. The molecule has 15 aromatic carbocycles. The largest absolute Gasteiger partial charge is 0.309 e. The molecule has 15 aromatic rings. The maximum absolute atomic E-state index is 13.6. The molecule has 0 N–H and O–H groups in total. The van der Waals surface area contributed by atoms with Gasteiger partial charge in [-0.05, 0) is 183 Å². The third kappa shape index (κ3) is 8.51. The van der Waals surface area contributed by atoms with E-state index >= 15 is 0 Å². The number of nitrogens with zero attached hydrogens (tertiary/aromatic N) is 2. The van der Waals surface area contributed by atoms with Crippen molar-refractivity contribution in [1.82, 2.24) is 0 Å². The standard InChI is InChI=1S/C47H31NO2.C43H29NO2/c1-47(2)40-17-9-10-18-41(40)48(43-27-31-13-5-6-14-33(31)35-15-7-8-16-36(35)43)42-22-20-32-23-28(19-21-34(32)44(42)47)24-39-45(49)37-25-29-11-3-4-12-30(29)26-38(37)46(39)50;1-43(2)36-15-7-8-16-38(36)44(37-17-9-13-27-10-5-6-14-31(27)37)39-21-19-30-22-26(18-20-32(30)40(39)43)23-35-41(45)33-24-28-11-3-4-12-29(28)25-34(33)42(35)46/h3-27H,1-2H3;3-25H,1-2H3. The van der Waals surface area contributed by atoms with E-state index < -0.39 is 0 Å². The van der Waals surface area contributed by atoms with Crippen molar-refractivity contribution in [3.63, 3.8) is 0 Å². The van der Waals surface area contributed by atoms with Gasteiger partial charge in [-0.15, -0.1) is 0 Å². The van der Waals surface area contributed by atoms with Crippen molar-refractivity contribution in [3.8, 4) is 0 Å². The summed E-state index contributed by atoms with van der Waals surface area (Å²) >= 11 is 0. The molecule has 6 nitrogen and oxygen atoms in total. The molecule has 6 heteroatoms. The number of hydrogen-bond donors (Lipinski definition) is 0.